The third-order valence-corrected chi connectivity index (χ3v) is 3.37. The van der Waals surface area contributed by atoms with E-state index >= 15 is 0 Å². The smallest absolute Gasteiger partial charge is 0.332 e. The highest BCUT2D eigenvalue weighted by Gasteiger charge is 2.30. The summed E-state index contributed by atoms with van der Waals surface area (Å²) in [7, 11) is 0. The van der Waals surface area contributed by atoms with Crippen LogP contribution in [0.1, 0.15) is 38.5 Å². The van der Waals surface area contributed by atoms with E-state index < -0.39 is 6.03 Å². The molecule has 2 bridgehead atoms. The lowest BCUT2D eigenvalue weighted by Gasteiger charge is -2.35. The number of amides is 2. The summed E-state index contributed by atoms with van der Waals surface area (Å²) in [5.74, 6) is 1.51. The molecule has 78 valence electrons. The number of hydrogen-bond acceptors (Lipinski definition) is 2. The number of primary amides is 1. The fourth-order valence-electron chi connectivity index (χ4n) is 2.69. The average molecular weight is 195 g/mol. The second kappa shape index (κ2) is 3.98. The summed E-state index contributed by atoms with van der Waals surface area (Å²) in [5, 5.41) is 4.10. The topological polar surface area (TPSA) is 67.5 Å². The number of carbonyl (C=O) groups excluding carboxylic acids is 1. The van der Waals surface area contributed by atoms with Crippen LogP contribution in [0, 0.1) is 11.8 Å². The van der Waals surface area contributed by atoms with Gasteiger partial charge >= 0.3 is 6.03 Å². The highest BCUT2D eigenvalue weighted by atomic mass is 16.2. The summed E-state index contributed by atoms with van der Waals surface area (Å²) in [5.41, 5.74) is 8.48. The molecule has 0 aromatic heterocycles. The lowest BCUT2D eigenvalue weighted by molar-refractivity contribution is 0.248. The van der Waals surface area contributed by atoms with Crippen LogP contribution in [0.5, 0.6) is 0 Å². The Morgan fingerprint density at radius 2 is 2.29 bits per heavy atom. The largest absolute Gasteiger partial charge is 0.350 e. The van der Waals surface area contributed by atoms with Gasteiger partial charge in [0.2, 0.25) is 0 Å². The maximum absolute atomic E-state index is 10.5. The molecule has 14 heavy (non-hydrogen) atoms. The summed E-state index contributed by atoms with van der Waals surface area (Å²) in [6.45, 7) is 0. The number of urea groups is 1. The molecule has 2 rings (SSSR count). The zero-order valence-electron chi connectivity index (χ0n) is 8.33. The lowest BCUT2D eigenvalue weighted by atomic mass is 9.71. The van der Waals surface area contributed by atoms with E-state index in [-0.39, 0.29) is 0 Å². The van der Waals surface area contributed by atoms with E-state index in [4.69, 9.17) is 5.73 Å². The standard InChI is InChI=1S/C10H17N3O/c11-10(14)13-12-9-5-4-7-2-1-3-8(9)6-7/h7-8H,1-6H2,(H3,11,13,14)/t7-,8+/m1/s1. The van der Waals surface area contributed by atoms with E-state index in [1.807, 2.05) is 0 Å². The van der Waals surface area contributed by atoms with Gasteiger partial charge < -0.3 is 5.73 Å². The second-order valence-electron chi connectivity index (χ2n) is 4.35. The van der Waals surface area contributed by atoms with Crippen LogP contribution in [0.3, 0.4) is 0 Å². The molecule has 0 spiro atoms. The van der Waals surface area contributed by atoms with Gasteiger partial charge in [-0.05, 0) is 37.5 Å². The molecule has 0 aliphatic heterocycles. The fraction of sp³-hybridized carbons (Fsp3) is 0.800. The Kier molecular flexibility index (Phi) is 2.70. The molecule has 0 aromatic rings. The number of rotatable bonds is 1. The van der Waals surface area contributed by atoms with Gasteiger partial charge in [-0.15, -0.1) is 0 Å². The van der Waals surface area contributed by atoms with Crippen LogP contribution in [-0.4, -0.2) is 11.7 Å². The Labute approximate surface area is 83.9 Å². The zero-order valence-corrected chi connectivity index (χ0v) is 8.33. The SMILES string of the molecule is NC(=O)NN=C1CC[C@H]2CCC[C@H]1C2. The van der Waals surface area contributed by atoms with Crippen molar-refractivity contribution in [2.45, 2.75) is 38.5 Å². The molecule has 4 heteroatoms. The zero-order chi connectivity index (χ0) is 9.97. The highest BCUT2D eigenvalue weighted by Crippen LogP contribution is 2.38. The number of hydrogen-bond donors (Lipinski definition) is 2. The first-order valence-electron chi connectivity index (χ1n) is 5.37. The lowest BCUT2D eigenvalue weighted by Crippen LogP contribution is -2.32. The third-order valence-electron chi connectivity index (χ3n) is 3.37. The van der Waals surface area contributed by atoms with Gasteiger partial charge in [0.25, 0.3) is 0 Å². The molecule has 0 aromatic carbocycles. The predicted octanol–water partition coefficient (Wildman–Crippen LogP) is 1.61. The van der Waals surface area contributed by atoms with Gasteiger partial charge in [0.15, 0.2) is 0 Å². The Hall–Kier alpha value is -1.06. The van der Waals surface area contributed by atoms with Crippen LogP contribution in [0.25, 0.3) is 0 Å². The monoisotopic (exact) mass is 195 g/mol. The van der Waals surface area contributed by atoms with Crippen molar-refractivity contribution in [3.63, 3.8) is 0 Å². The van der Waals surface area contributed by atoms with Crippen LogP contribution < -0.4 is 11.2 Å². The van der Waals surface area contributed by atoms with Crippen molar-refractivity contribution in [3.05, 3.63) is 0 Å². The third kappa shape index (κ3) is 2.05. The molecule has 0 heterocycles. The van der Waals surface area contributed by atoms with Crippen molar-refractivity contribution >= 4 is 11.7 Å². The molecule has 4 nitrogen and oxygen atoms in total. The Morgan fingerprint density at radius 3 is 3.07 bits per heavy atom. The van der Waals surface area contributed by atoms with Crippen molar-refractivity contribution < 1.29 is 4.79 Å². The quantitative estimate of drug-likeness (QED) is 0.613. The highest BCUT2D eigenvalue weighted by molar-refractivity contribution is 5.88. The van der Waals surface area contributed by atoms with E-state index in [1.54, 1.807) is 0 Å². The van der Waals surface area contributed by atoms with Crippen LogP contribution in [0.2, 0.25) is 0 Å². The first-order chi connectivity index (χ1) is 6.75. The van der Waals surface area contributed by atoms with Gasteiger partial charge in [-0.25, -0.2) is 10.2 Å². The molecule has 2 aliphatic rings. The molecule has 2 aliphatic carbocycles. The fourth-order valence-corrected chi connectivity index (χ4v) is 2.69. The second-order valence-corrected chi connectivity index (χ2v) is 4.35. The van der Waals surface area contributed by atoms with Gasteiger partial charge in [-0.3, -0.25) is 0 Å². The summed E-state index contributed by atoms with van der Waals surface area (Å²) < 4.78 is 0. The molecule has 2 atom stereocenters. The van der Waals surface area contributed by atoms with Gasteiger partial charge in [-0.2, -0.15) is 5.10 Å². The van der Waals surface area contributed by atoms with Gasteiger partial charge in [0.05, 0.1) is 0 Å². The van der Waals surface area contributed by atoms with Crippen LogP contribution >= 0.6 is 0 Å². The van der Waals surface area contributed by atoms with E-state index in [0.29, 0.717) is 5.92 Å². The molecule has 3 N–H and O–H groups in total. The molecular formula is C10H17N3O. The molecule has 2 saturated carbocycles. The summed E-state index contributed by atoms with van der Waals surface area (Å²) >= 11 is 0. The molecule has 0 saturated heterocycles. The van der Waals surface area contributed by atoms with E-state index in [0.717, 1.165) is 18.1 Å². The van der Waals surface area contributed by atoms with Crippen molar-refractivity contribution in [3.8, 4) is 0 Å². The van der Waals surface area contributed by atoms with E-state index in [2.05, 4.69) is 10.5 Å². The minimum absolute atomic E-state index is 0.560. The van der Waals surface area contributed by atoms with Gasteiger partial charge in [-0.1, -0.05) is 12.8 Å². The van der Waals surface area contributed by atoms with Crippen molar-refractivity contribution in [2.75, 3.05) is 0 Å². The van der Waals surface area contributed by atoms with Gasteiger partial charge in [0, 0.05) is 5.71 Å². The summed E-state index contributed by atoms with van der Waals surface area (Å²) in [4.78, 5) is 10.5. The van der Waals surface area contributed by atoms with Crippen LogP contribution in [0.4, 0.5) is 4.79 Å². The number of fused-ring (bicyclic) bond motifs is 2. The van der Waals surface area contributed by atoms with Crippen LogP contribution in [-0.2, 0) is 0 Å². The Bertz CT molecular complexity index is 262. The Morgan fingerprint density at radius 1 is 1.43 bits per heavy atom. The van der Waals surface area contributed by atoms with Crippen molar-refractivity contribution in [1.82, 2.24) is 5.43 Å². The maximum Gasteiger partial charge on any atom is 0.332 e. The predicted molar refractivity (Wildman–Crippen MR) is 54.8 cm³/mol. The first kappa shape index (κ1) is 9.49. The normalized spacial score (nSPS) is 34.1. The van der Waals surface area contributed by atoms with Crippen molar-refractivity contribution in [1.29, 1.82) is 0 Å². The number of hydrazone groups is 1. The number of nitrogens with zero attached hydrogens (tertiary/aromatic N) is 1. The molecule has 2 fully saturated rings. The molecule has 2 amide bonds. The minimum Gasteiger partial charge on any atom is -0.350 e. The van der Waals surface area contributed by atoms with Gasteiger partial charge in [0.1, 0.15) is 0 Å². The summed E-state index contributed by atoms with van der Waals surface area (Å²) in [6, 6.07) is -0.560. The van der Waals surface area contributed by atoms with Crippen LogP contribution in [0.15, 0.2) is 5.10 Å². The minimum atomic E-state index is -0.560. The molecule has 0 radical (unpaired) electrons. The maximum atomic E-state index is 10.5. The van der Waals surface area contributed by atoms with E-state index in [1.165, 1.54) is 32.1 Å². The van der Waals surface area contributed by atoms with E-state index in [9.17, 15) is 4.79 Å². The van der Waals surface area contributed by atoms with Crippen molar-refractivity contribution in [2.24, 2.45) is 22.7 Å². The molecule has 0 unspecified atom stereocenters. The summed E-state index contributed by atoms with van der Waals surface area (Å²) in [6.07, 6.45) is 7.46. The average Bonchev–Trinajstić information content (AvgIpc) is 2.17. The Balaban J connectivity index is 1.98. The number of nitrogens with two attached hydrogens (primary N) is 1. The number of carbonyl (C=O) groups is 1. The number of nitrogens with one attached hydrogen (secondary N) is 1. The molecular weight excluding hydrogens is 178 g/mol. The first-order valence-corrected chi connectivity index (χ1v) is 5.37.